The third-order valence-electron chi connectivity index (χ3n) is 3.03. The van der Waals surface area contributed by atoms with E-state index in [1.54, 1.807) is 10.7 Å². The molecule has 0 unspecified atom stereocenters. The molecule has 0 fully saturated rings. The second kappa shape index (κ2) is 7.74. The van der Waals surface area contributed by atoms with Crippen LogP contribution in [-0.2, 0) is 16.1 Å². The van der Waals surface area contributed by atoms with Gasteiger partial charge in [-0.3, -0.25) is 14.3 Å². The van der Waals surface area contributed by atoms with Crippen molar-refractivity contribution in [2.75, 3.05) is 13.2 Å². The minimum Gasteiger partial charge on any atom is -0.464 e. The lowest BCUT2D eigenvalue weighted by Crippen LogP contribution is -2.26. The highest BCUT2D eigenvalue weighted by Gasteiger charge is 2.08. The summed E-state index contributed by atoms with van der Waals surface area (Å²) in [6, 6.07) is 5.53. The van der Waals surface area contributed by atoms with Gasteiger partial charge in [0, 0.05) is 12.2 Å². The lowest BCUT2D eigenvalue weighted by Gasteiger charge is -2.07. The molecule has 2 aromatic heterocycles. The molecule has 0 radical (unpaired) electrons. The molecule has 0 saturated heterocycles. The Kier molecular flexibility index (Phi) is 5.71. The van der Waals surface area contributed by atoms with Gasteiger partial charge in [0.15, 0.2) is 0 Å². The summed E-state index contributed by atoms with van der Waals surface area (Å²) in [6.07, 6.45) is 0.161. The number of nitrogens with zero attached hydrogens (tertiary/aromatic N) is 2. The fraction of sp³-hybridized carbons (Fsp3) is 0.400. The van der Waals surface area contributed by atoms with Gasteiger partial charge < -0.3 is 10.1 Å². The zero-order chi connectivity index (χ0) is 15.9. The number of aromatic nitrogens is 2. The Morgan fingerprint density at radius 1 is 1.41 bits per heavy atom. The largest absolute Gasteiger partial charge is 0.464 e. The number of carbonyl (C=O) groups is 2. The first kappa shape index (κ1) is 16.2. The number of amides is 1. The normalized spacial score (nSPS) is 10.5. The van der Waals surface area contributed by atoms with Gasteiger partial charge in [-0.1, -0.05) is 6.07 Å². The van der Waals surface area contributed by atoms with Crippen LogP contribution in [-0.4, -0.2) is 34.8 Å². The summed E-state index contributed by atoms with van der Waals surface area (Å²) in [6.45, 7) is 4.97. The van der Waals surface area contributed by atoms with E-state index in [1.165, 1.54) is 11.3 Å². The van der Waals surface area contributed by atoms with E-state index >= 15 is 0 Å². The third kappa shape index (κ3) is 4.70. The number of thiophene rings is 1. The van der Waals surface area contributed by atoms with E-state index in [1.807, 2.05) is 31.4 Å². The highest BCUT2D eigenvalue weighted by molar-refractivity contribution is 7.12. The first-order chi connectivity index (χ1) is 10.6. The van der Waals surface area contributed by atoms with Gasteiger partial charge in [-0.05, 0) is 31.4 Å². The van der Waals surface area contributed by atoms with Crippen molar-refractivity contribution in [2.24, 2.45) is 0 Å². The Bertz CT molecular complexity index is 635. The van der Waals surface area contributed by atoms with Crippen LogP contribution in [0.3, 0.4) is 0 Å². The summed E-state index contributed by atoms with van der Waals surface area (Å²) in [5.41, 5.74) is 1.98. The number of esters is 1. The number of hydrogen-bond acceptors (Lipinski definition) is 5. The Morgan fingerprint density at radius 3 is 2.86 bits per heavy atom. The van der Waals surface area contributed by atoms with Crippen molar-refractivity contribution in [1.82, 2.24) is 15.1 Å². The van der Waals surface area contributed by atoms with E-state index in [9.17, 15) is 9.59 Å². The summed E-state index contributed by atoms with van der Waals surface area (Å²) in [5.74, 6) is -0.488. The molecule has 0 aliphatic carbocycles. The summed E-state index contributed by atoms with van der Waals surface area (Å²) in [7, 11) is 0. The molecular weight excluding hydrogens is 302 g/mol. The summed E-state index contributed by atoms with van der Waals surface area (Å²) < 4.78 is 6.94. The first-order valence-electron chi connectivity index (χ1n) is 7.04. The second-order valence-corrected chi connectivity index (χ2v) is 5.80. The topological polar surface area (TPSA) is 73.2 Å². The maximum Gasteiger partial charge on any atom is 0.307 e. The number of rotatable bonds is 7. The molecule has 0 atom stereocenters. The van der Waals surface area contributed by atoms with Crippen molar-refractivity contribution in [3.63, 3.8) is 0 Å². The van der Waals surface area contributed by atoms with Crippen molar-refractivity contribution in [2.45, 2.75) is 26.8 Å². The third-order valence-corrected chi connectivity index (χ3v) is 3.90. The molecule has 1 N–H and O–H groups in total. The predicted molar refractivity (Wildman–Crippen MR) is 83.9 cm³/mol. The van der Waals surface area contributed by atoms with E-state index in [2.05, 4.69) is 10.4 Å². The molecule has 0 bridgehead atoms. The standard InChI is InChI=1S/C15H19N3O3S/c1-11-10-12(2)18(17-11)7-8-21-14(19)5-6-16-15(20)13-4-3-9-22-13/h3-4,9-10H,5-8H2,1-2H3,(H,16,20). The van der Waals surface area contributed by atoms with E-state index in [0.29, 0.717) is 11.4 Å². The average Bonchev–Trinajstić information content (AvgIpc) is 3.09. The molecule has 7 heteroatoms. The number of carbonyl (C=O) groups excluding carboxylic acids is 2. The van der Waals surface area contributed by atoms with Gasteiger partial charge >= 0.3 is 5.97 Å². The molecule has 6 nitrogen and oxygen atoms in total. The zero-order valence-electron chi connectivity index (χ0n) is 12.7. The summed E-state index contributed by atoms with van der Waals surface area (Å²) in [4.78, 5) is 23.9. The number of nitrogens with one attached hydrogen (secondary N) is 1. The lowest BCUT2D eigenvalue weighted by atomic mass is 10.4. The van der Waals surface area contributed by atoms with Crippen molar-refractivity contribution >= 4 is 23.2 Å². The average molecular weight is 321 g/mol. The van der Waals surface area contributed by atoms with Crippen molar-refractivity contribution in [3.05, 3.63) is 39.8 Å². The van der Waals surface area contributed by atoms with Crippen LogP contribution in [0.4, 0.5) is 0 Å². The molecule has 2 aromatic rings. The quantitative estimate of drug-likeness (QED) is 0.791. The van der Waals surface area contributed by atoms with Crippen LogP contribution in [0, 0.1) is 13.8 Å². The molecule has 0 aliphatic rings. The van der Waals surface area contributed by atoms with E-state index < -0.39 is 0 Å². The smallest absolute Gasteiger partial charge is 0.307 e. The number of ether oxygens (including phenoxy) is 1. The van der Waals surface area contributed by atoms with E-state index in [4.69, 9.17) is 4.74 Å². The highest BCUT2D eigenvalue weighted by Crippen LogP contribution is 2.07. The van der Waals surface area contributed by atoms with Crippen LogP contribution in [0.15, 0.2) is 23.6 Å². The minimum atomic E-state index is -0.326. The zero-order valence-corrected chi connectivity index (χ0v) is 13.5. The van der Waals surface area contributed by atoms with Gasteiger partial charge in [0.25, 0.3) is 5.91 Å². The monoisotopic (exact) mass is 321 g/mol. The lowest BCUT2D eigenvalue weighted by molar-refractivity contribution is -0.143. The number of hydrogen-bond donors (Lipinski definition) is 1. The van der Waals surface area contributed by atoms with Crippen LogP contribution in [0.2, 0.25) is 0 Å². The van der Waals surface area contributed by atoms with Crippen LogP contribution >= 0.6 is 11.3 Å². The highest BCUT2D eigenvalue weighted by atomic mass is 32.1. The molecule has 22 heavy (non-hydrogen) atoms. The van der Waals surface area contributed by atoms with Crippen LogP contribution in [0.1, 0.15) is 27.5 Å². The van der Waals surface area contributed by atoms with Gasteiger partial charge in [-0.2, -0.15) is 5.10 Å². The van der Waals surface area contributed by atoms with Gasteiger partial charge in [-0.25, -0.2) is 0 Å². The van der Waals surface area contributed by atoms with E-state index in [0.717, 1.165) is 11.4 Å². The van der Waals surface area contributed by atoms with Crippen molar-refractivity contribution in [1.29, 1.82) is 0 Å². The second-order valence-electron chi connectivity index (χ2n) is 4.85. The molecule has 0 aliphatic heterocycles. The molecule has 2 heterocycles. The van der Waals surface area contributed by atoms with Crippen LogP contribution < -0.4 is 5.32 Å². The van der Waals surface area contributed by atoms with Crippen molar-refractivity contribution in [3.8, 4) is 0 Å². The van der Waals surface area contributed by atoms with E-state index in [-0.39, 0.29) is 31.4 Å². The molecule has 2 rings (SSSR count). The Hall–Kier alpha value is -2.15. The predicted octanol–water partition coefficient (Wildman–Crippen LogP) is 1.92. The van der Waals surface area contributed by atoms with Crippen LogP contribution in [0.25, 0.3) is 0 Å². The molecule has 118 valence electrons. The molecule has 1 amide bonds. The van der Waals surface area contributed by atoms with Gasteiger partial charge in [0.05, 0.1) is 23.5 Å². The van der Waals surface area contributed by atoms with Gasteiger partial charge in [-0.15, -0.1) is 11.3 Å². The molecule has 0 aromatic carbocycles. The summed E-state index contributed by atoms with van der Waals surface area (Å²) in [5, 5.41) is 8.82. The van der Waals surface area contributed by atoms with Gasteiger partial charge in [0.1, 0.15) is 6.61 Å². The Balaban J connectivity index is 1.62. The minimum absolute atomic E-state index is 0.161. The Labute approximate surface area is 133 Å². The van der Waals surface area contributed by atoms with Gasteiger partial charge in [0.2, 0.25) is 0 Å². The first-order valence-corrected chi connectivity index (χ1v) is 7.92. The molecule has 0 spiro atoms. The Morgan fingerprint density at radius 2 is 2.23 bits per heavy atom. The fourth-order valence-corrected chi connectivity index (χ4v) is 2.63. The molecular formula is C15H19N3O3S. The SMILES string of the molecule is Cc1cc(C)n(CCOC(=O)CCNC(=O)c2cccs2)n1. The van der Waals surface area contributed by atoms with Crippen LogP contribution in [0.5, 0.6) is 0 Å². The fourth-order valence-electron chi connectivity index (χ4n) is 1.99. The van der Waals surface area contributed by atoms with Crippen molar-refractivity contribution < 1.29 is 14.3 Å². The maximum atomic E-state index is 11.7. The molecule has 0 saturated carbocycles. The summed E-state index contributed by atoms with van der Waals surface area (Å²) >= 11 is 1.37. The maximum absolute atomic E-state index is 11.7. The number of aryl methyl sites for hydroxylation is 2.